The van der Waals surface area contributed by atoms with E-state index in [9.17, 15) is 4.79 Å². The number of rotatable bonds is 1. The van der Waals surface area contributed by atoms with Gasteiger partial charge in [-0.25, -0.2) is 0 Å². The van der Waals surface area contributed by atoms with Crippen LogP contribution in [0.15, 0.2) is 24.3 Å². The molecule has 1 N–H and O–H groups in total. The van der Waals surface area contributed by atoms with Crippen LogP contribution in [0.2, 0.25) is 0 Å². The fourth-order valence-corrected chi connectivity index (χ4v) is 2.31. The Morgan fingerprint density at radius 2 is 2.21 bits per heavy atom. The molecule has 19 heavy (non-hydrogen) atoms. The lowest BCUT2D eigenvalue weighted by atomic mass is 9.91. The van der Waals surface area contributed by atoms with Gasteiger partial charge in [0.1, 0.15) is 0 Å². The van der Waals surface area contributed by atoms with E-state index in [1.165, 1.54) is 0 Å². The first-order chi connectivity index (χ1) is 9.02. The second-order valence-electron chi connectivity index (χ2n) is 5.73. The van der Waals surface area contributed by atoms with Gasteiger partial charge in [-0.1, -0.05) is 19.9 Å². The maximum absolute atomic E-state index is 12.3. The van der Waals surface area contributed by atoms with Gasteiger partial charge in [-0.2, -0.15) is 5.26 Å². The molecule has 1 heterocycles. The van der Waals surface area contributed by atoms with Crippen molar-refractivity contribution < 1.29 is 4.79 Å². The van der Waals surface area contributed by atoms with Crippen LogP contribution >= 0.6 is 0 Å². The molecular formula is C15H19N3O. The SMILES string of the molecule is CC1(C)CNCCC(=O)N(c2cccc(C#N)c2)C1. The van der Waals surface area contributed by atoms with Gasteiger partial charge in [-0.05, 0) is 23.6 Å². The molecule has 0 aliphatic carbocycles. The third-order valence-electron chi connectivity index (χ3n) is 3.29. The number of hydrogen-bond acceptors (Lipinski definition) is 3. The van der Waals surface area contributed by atoms with Gasteiger partial charge in [-0.15, -0.1) is 0 Å². The van der Waals surface area contributed by atoms with Gasteiger partial charge < -0.3 is 10.2 Å². The molecule has 0 bridgehead atoms. The molecule has 0 atom stereocenters. The molecule has 4 heteroatoms. The molecular weight excluding hydrogens is 238 g/mol. The molecule has 0 unspecified atom stereocenters. The Morgan fingerprint density at radius 1 is 1.42 bits per heavy atom. The number of nitriles is 1. The molecule has 0 aromatic heterocycles. The zero-order valence-corrected chi connectivity index (χ0v) is 11.4. The minimum Gasteiger partial charge on any atom is -0.316 e. The van der Waals surface area contributed by atoms with Gasteiger partial charge in [0.2, 0.25) is 5.91 Å². The topological polar surface area (TPSA) is 56.1 Å². The predicted molar refractivity (Wildman–Crippen MR) is 74.8 cm³/mol. The summed E-state index contributed by atoms with van der Waals surface area (Å²) in [6.07, 6.45) is 0.493. The van der Waals surface area contributed by atoms with Crippen molar-refractivity contribution in [2.45, 2.75) is 20.3 Å². The maximum atomic E-state index is 12.3. The molecule has 1 amide bonds. The normalized spacial score (nSPS) is 19.4. The fourth-order valence-electron chi connectivity index (χ4n) is 2.31. The van der Waals surface area contributed by atoms with Crippen molar-refractivity contribution in [2.24, 2.45) is 5.41 Å². The molecule has 0 radical (unpaired) electrons. The van der Waals surface area contributed by atoms with E-state index in [2.05, 4.69) is 25.2 Å². The first kappa shape index (κ1) is 13.6. The van der Waals surface area contributed by atoms with Crippen LogP contribution in [0.1, 0.15) is 25.8 Å². The van der Waals surface area contributed by atoms with E-state index in [1.807, 2.05) is 17.0 Å². The molecule has 1 aromatic rings. The second kappa shape index (κ2) is 5.41. The minimum atomic E-state index is 0.0126. The van der Waals surface area contributed by atoms with Crippen molar-refractivity contribution in [3.05, 3.63) is 29.8 Å². The summed E-state index contributed by atoms with van der Waals surface area (Å²) in [5.41, 5.74) is 1.42. The molecule has 100 valence electrons. The van der Waals surface area contributed by atoms with Crippen molar-refractivity contribution in [3.63, 3.8) is 0 Å². The lowest BCUT2D eigenvalue weighted by Crippen LogP contribution is -2.47. The van der Waals surface area contributed by atoms with E-state index < -0.39 is 0 Å². The molecule has 1 saturated heterocycles. The summed E-state index contributed by atoms with van der Waals surface area (Å²) >= 11 is 0. The Morgan fingerprint density at radius 3 is 2.95 bits per heavy atom. The Hall–Kier alpha value is -1.86. The van der Waals surface area contributed by atoms with Gasteiger partial charge in [0, 0.05) is 31.7 Å². The lowest BCUT2D eigenvalue weighted by Gasteiger charge is -2.35. The summed E-state index contributed by atoms with van der Waals surface area (Å²) < 4.78 is 0. The Bertz CT molecular complexity index is 516. The van der Waals surface area contributed by atoms with E-state index in [-0.39, 0.29) is 11.3 Å². The molecule has 1 aliphatic rings. The summed E-state index contributed by atoms with van der Waals surface area (Å²) in [5, 5.41) is 12.3. The lowest BCUT2D eigenvalue weighted by molar-refractivity contribution is -0.119. The van der Waals surface area contributed by atoms with Gasteiger partial charge in [0.15, 0.2) is 0 Å². The molecule has 1 aliphatic heterocycles. The van der Waals surface area contributed by atoms with Gasteiger partial charge >= 0.3 is 0 Å². The number of carbonyl (C=O) groups is 1. The average molecular weight is 257 g/mol. The second-order valence-corrected chi connectivity index (χ2v) is 5.73. The Kier molecular flexibility index (Phi) is 3.87. The highest BCUT2D eigenvalue weighted by molar-refractivity contribution is 5.93. The Labute approximate surface area is 114 Å². The molecule has 4 nitrogen and oxygen atoms in total. The third kappa shape index (κ3) is 3.33. The standard InChI is InChI=1S/C15H19N3O/c1-15(2)10-17-7-6-14(19)18(11-15)13-5-3-4-12(8-13)9-16/h3-5,8,17H,6-7,10-11H2,1-2H3. The predicted octanol–water partition coefficient (Wildman–Crippen LogP) is 1.91. The van der Waals surface area contributed by atoms with Crippen molar-refractivity contribution >= 4 is 11.6 Å². The van der Waals surface area contributed by atoms with Crippen LogP contribution in [-0.2, 0) is 4.79 Å². The largest absolute Gasteiger partial charge is 0.316 e. The van der Waals surface area contributed by atoms with Crippen LogP contribution in [0.25, 0.3) is 0 Å². The highest BCUT2D eigenvalue weighted by Gasteiger charge is 2.27. The van der Waals surface area contributed by atoms with Crippen molar-refractivity contribution in [2.75, 3.05) is 24.5 Å². The highest BCUT2D eigenvalue weighted by Crippen LogP contribution is 2.24. The van der Waals surface area contributed by atoms with E-state index in [1.54, 1.807) is 12.1 Å². The van der Waals surface area contributed by atoms with Crippen molar-refractivity contribution in [1.82, 2.24) is 5.32 Å². The van der Waals surface area contributed by atoms with Gasteiger partial charge in [0.25, 0.3) is 0 Å². The molecule has 0 spiro atoms. The summed E-state index contributed by atoms with van der Waals surface area (Å²) in [5.74, 6) is 0.107. The quantitative estimate of drug-likeness (QED) is 0.836. The monoisotopic (exact) mass is 257 g/mol. The highest BCUT2D eigenvalue weighted by atomic mass is 16.2. The van der Waals surface area contributed by atoms with Crippen LogP contribution < -0.4 is 10.2 Å². The summed E-state index contributed by atoms with van der Waals surface area (Å²) in [6, 6.07) is 9.37. The molecule has 0 saturated carbocycles. The minimum absolute atomic E-state index is 0.0126. The van der Waals surface area contributed by atoms with Crippen LogP contribution in [0, 0.1) is 16.7 Å². The van der Waals surface area contributed by atoms with Crippen molar-refractivity contribution in [1.29, 1.82) is 5.26 Å². The average Bonchev–Trinajstić information content (AvgIpc) is 2.39. The summed E-state index contributed by atoms with van der Waals surface area (Å²) in [7, 11) is 0. The summed E-state index contributed by atoms with van der Waals surface area (Å²) in [4.78, 5) is 14.1. The number of hydrogen-bond donors (Lipinski definition) is 1. The number of anilines is 1. The van der Waals surface area contributed by atoms with Crippen LogP contribution in [-0.4, -0.2) is 25.5 Å². The van der Waals surface area contributed by atoms with Crippen LogP contribution in [0.5, 0.6) is 0 Å². The third-order valence-corrected chi connectivity index (χ3v) is 3.29. The smallest absolute Gasteiger partial charge is 0.228 e. The van der Waals surface area contributed by atoms with E-state index >= 15 is 0 Å². The van der Waals surface area contributed by atoms with Crippen LogP contribution in [0.3, 0.4) is 0 Å². The molecule has 1 fully saturated rings. The fraction of sp³-hybridized carbons (Fsp3) is 0.467. The van der Waals surface area contributed by atoms with Crippen molar-refractivity contribution in [3.8, 4) is 6.07 Å². The number of carbonyl (C=O) groups excluding carboxylic acids is 1. The summed E-state index contributed by atoms with van der Waals surface area (Å²) in [6.45, 7) is 6.53. The van der Waals surface area contributed by atoms with Gasteiger partial charge in [-0.3, -0.25) is 4.79 Å². The van der Waals surface area contributed by atoms with E-state index in [0.29, 0.717) is 25.1 Å². The van der Waals surface area contributed by atoms with E-state index in [4.69, 9.17) is 5.26 Å². The van der Waals surface area contributed by atoms with Crippen LogP contribution in [0.4, 0.5) is 5.69 Å². The first-order valence-corrected chi connectivity index (χ1v) is 6.53. The number of nitrogens with zero attached hydrogens (tertiary/aromatic N) is 2. The first-order valence-electron chi connectivity index (χ1n) is 6.53. The number of nitrogens with one attached hydrogen (secondary N) is 1. The Balaban J connectivity index is 2.32. The number of amides is 1. The maximum Gasteiger partial charge on any atom is 0.228 e. The van der Waals surface area contributed by atoms with Gasteiger partial charge in [0.05, 0.1) is 11.6 Å². The zero-order valence-electron chi connectivity index (χ0n) is 11.4. The van der Waals surface area contributed by atoms with E-state index in [0.717, 1.165) is 12.2 Å². The zero-order chi connectivity index (χ0) is 13.9. The number of benzene rings is 1. The molecule has 1 aromatic carbocycles. The molecule has 2 rings (SSSR count).